The van der Waals surface area contributed by atoms with E-state index in [1.54, 1.807) is 0 Å². The highest BCUT2D eigenvalue weighted by Gasteiger charge is 2.21. The quantitative estimate of drug-likeness (QED) is 0.503. The summed E-state index contributed by atoms with van der Waals surface area (Å²) in [7, 11) is 0. The molecule has 1 aromatic rings. The number of fused-ring (bicyclic) bond motifs is 1. The van der Waals surface area contributed by atoms with Crippen LogP contribution in [0.25, 0.3) is 0 Å². The van der Waals surface area contributed by atoms with Crippen molar-refractivity contribution >= 4 is 23.2 Å². The van der Waals surface area contributed by atoms with E-state index in [2.05, 4.69) is 11.4 Å². The van der Waals surface area contributed by atoms with E-state index >= 15 is 0 Å². The minimum Gasteiger partial charge on any atom is -0.281 e. The first-order chi connectivity index (χ1) is 5.77. The lowest BCUT2D eigenvalue weighted by Gasteiger charge is -2.25. The summed E-state index contributed by atoms with van der Waals surface area (Å²) in [4.78, 5) is 0. The van der Waals surface area contributed by atoms with Gasteiger partial charge in [0.2, 0.25) is 0 Å². The normalized spacial score (nSPS) is 28.2. The van der Waals surface area contributed by atoms with Gasteiger partial charge in [0, 0.05) is 6.42 Å². The van der Waals surface area contributed by atoms with Crippen LogP contribution in [0.5, 0.6) is 0 Å². The van der Waals surface area contributed by atoms with Gasteiger partial charge in [0.1, 0.15) is 5.50 Å². The van der Waals surface area contributed by atoms with Crippen molar-refractivity contribution in [3.05, 3.63) is 35.4 Å². The average Bonchev–Trinajstić information content (AvgIpc) is 2.04. The van der Waals surface area contributed by atoms with Crippen LogP contribution in [-0.4, -0.2) is 5.50 Å². The molecule has 0 amide bonds. The fraction of sp³-hybridized carbons (Fsp3) is 0.333. The van der Waals surface area contributed by atoms with E-state index < -0.39 is 0 Å². The minimum absolute atomic E-state index is 0.0394. The third-order valence-corrected chi connectivity index (χ3v) is 2.70. The highest BCUT2D eigenvalue weighted by molar-refractivity contribution is 6.23. The Balaban J connectivity index is 2.40. The standard InChI is InChI=1S/C9H9Cl2N/c10-8-5-6-3-1-2-4-7(6)9(11)12-8/h1-4,8-9,12H,5H2. The van der Waals surface area contributed by atoms with Crippen molar-refractivity contribution in [2.75, 3.05) is 0 Å². The molecule has 1 heterocycles. The first-order valence-electron chi connectivity index (χ1n) is 3.89. The monoisotopic (exact) mass is 201 g/mol. The molecule has 2 atom stereocenters. The largest absolute Gasteiger partial charge is 0.281 e. The zero-order chi connectivity index (χ0) is 8.55. The third-order valence-electron chi connectivity index (χ3n) is 2.05. The van der Waals surface area contributed by atoms with Crippen LogP contribution in [0.15, 0.2) is 24.3 Å². The number of alkyl halides is 2. The lowest BCUT2D eigenvalue weighted by atomic mass is 10.0. The van der Waals surface area contributed by atoms with Gasteiger partial charge in [-0.3, -0.25) is 5.32 Å². The molecule has 1 aliphatic heterocycles. The van der Waals surface area contributed by atoms with Crippen LogP contribution >= 0.6 is 23.2 Å². The number of hydrogen-bond donors (Lipinski definition) is 1. The summed E-state index contributed by atoms with van der Waals surface area (Å²) in [5.74, 6) is 0. The molecule has 0 radical (unpaired) electrons. The number of benzene rings is 1. The summed E-state index contributed by atoms with van der Waals surface area (Å²) < 4.78 is 0. The molecule has 2 unspecified atom stereocenters. The topological polar surface area (TPSA) is 12.0 Å². The molecule has 1 N–H and O–H groups in total. The van der Waals surface area contributed by atoms with Crippen molar-refractivity contribution in [2.45, 2.75) is 17.4 Å². The van der Waals surface area contributed by atoms with Crippen molar-refractivity contribution in [1.82, 2.24) is 5.32 Å². The summed E-state index contributed by atoms with van der Waals surface area (Å²) >= 11 is 12.0. The van der Waals surface area contributed by atoms with E-state index in [1.165, 1.54) is 5.56 Å². The van der Waals surface area contributed by atoms with E-state index in [0.29, 0.717) is 0 Å². The van der Waals surface area contributed by atoms with E-state index in [0.717, 1.165) is 12.0 Å². The van der Waals surface area contributed by atoms with Gasteiger partial charge in [-0.15, -0.1) is 23.2 Å². The maximum absolute atomic E-state index is 6.05. The van der Waals surface area contributed by atoms with Gasteiger partial charge in [0.15, 0.2) is 0 Å². The fourth-order valence-electron chi connectivity index (χ4n) is 1.47. The van der Waals surface area contributed by atoms with Crippen LogP contribution in [0.2, 0.25) is 0 Å². The Morgan fingerprint density at radius 2 is 2.00 bits per heavy atom. The summed E-state index contributed by atoms with van der Waals surface area (Å²) in [6.45, 7) is 0. The molecule has 64 valence electrons. The van der Waals surface area contributed by atoms with Crippen LogP contribution in [0.4, 0.5) is 0 Å². The molecule has 0 fully saturated rings. The van der Waals surface area contributed by atoms with E-state index in [4.69, 9.17) is 23.2 Å². The van der Waals surface area contributed by atoms with Crippen molar-refractivity contribution in [3.8, 4) is 0 Å². The first kappa shape index (κ1) is 8.36. The van der Waals surface area contributed by atoms with E-state index in [9.17, 15) is 0 Å². The lowest BCUT2D eigenvalue weighted by molar-refractivity contribution is 0.579. The van der Waals surface area contributed by atoms with Crippen LogP contribution < -0.4 is 5.32 Å². The molecule has 0 saturated heterocycles. The Labute approximate surface area is 81.7 Å². The van der Waals surface area contributed by atoms with E-state index in [-0.39, 0.29) is 11.0 Å². The average molecular weight is 202 g/mol. The second kappa shape index (κ2) is 3.25. The molecular formula is C9H9Cl2N. The zero-order valence-corrected chi connectivity index (χ0v) is 7.94. The Morgan fingerprint density at radius 1 is 1.25 bits per heavy atom. The van der Waals surface area contributed by atoms with Gasteiger partial charge >= 0.3 is 0 Å². The van der Waals surface area contributed by atoms with Crippen molar-refractivity contribution in [1.29, 1.82) is 0 Å². The predicted molar refractivity (Wildman–Crippen MR) is 51.5 cm³/mol. The number of nitrogens with one attached hydrogen (secondary N) is 1. The molecule has 12 heavy (non-hydrogen) atoms. The summed E-state index contributed by atoms with van der Waals surface area (Å²) in [5, 5.41) is 3.07. The van der Waals surface area contributed by atoms with Crippen molar-refractivity contribution in [2.24, 2.45) is 0 Å². The van der Waals surface area contributed by atoms with Gasteiger partial charge in [-0.1, -0.05) is 24.3 Å². The predicted octanol–water partition coefficient (Wildman–Crippen LogP) is 2.63. The van der Waals surface area contributed by atoms with Crippen molar-refractivity contribution < 1.29 is 0 Å². The van der Waals surface area contributed by atoms with E-state index in [1.807, 2.05) is 18.2 Å². The summed E-state index contributed by atoms with van der Waals surface area (Å²) in [6.07, 6.45) is 0.848. The summed E-state index contributed by atoms with van der Waals surface area (Å²) in [6, 6.07) is 8.10. The molecule has 0 aromatic heterocycles. The maximum Gasteiger partial charge on any atom is 0.110 e. The molecule has 3 heteroatoms. The molecule has 1 aromatic carbocycles. The second-order valence-electron chi connectivity index (χ2n) is 2.90. The highest BCUT2D eigenvalue weighted by atomic mass is 35.5. The number of rotatable bonds is 0. The molecule has 0 bridgehead atoms. The van der Waals surface area contributed by atoms with Gasteiger partial charge in [-0.05, 0) is 11.1 Å². The maximum atomic E-state index is 6.05. The SMILES string of the molecule is ClC1Cc2ccccc2C(Cl)N1. The Bertz CT molecular complexity index is 288. The number of hydrogen-bond acceptors (Lipinski definition) is 1. The zero-order valence-electron chi connectivity index (χ0n) is 6.43. The second-order valence-corrected chi connectivity index (χ2v) is 3.86. The van der Waals surface area contributed by atoms with Gasteiger partial charge < -0.3 is 0 Å². The van der Waals surface area contributed by atoms with Gasteiger partial charge in [0.05, 0.1) is 5.50 Å². The molecule has 1 aliphatic rings. The Morgan fingerprint density at radius 3 is 2.83 bits per heavy atom. The fourth-order valence-corrected chi connectivity index (χ4v) is 2.19. The molecule has 0 saturated carbocycles. The lowest BCUT2D eigenvalue weighted by Crippen LogP contribution is -2.32. The summed E-state index contributed by atoms with van der Waals surface area (Å²) in [5.41, 5.74) is 2.21. The number of halogens is 2. The molecule has 0 aliphatic carbocycles. The van der Waals surface area contributed by atoms with Gasteiger partial charge in [-0.2, -0.15) is 0 Å². The minimum atomic E-state index is -0.141. The van der Waals surface area contributed by atoms with Gasteiger partial charge in [-0.25, -0.2) is 0 Å². The molecule has 2 rings (SSSR count). The Kier molecular flexibility index (Phi) is 2.26. The third kappa shape index (κ3) is 1.45. The van der Waals surface area contributed by atoms with Crippen LogP contribution in [0, 0.1) is 0 Å². The first-order valence-corrected chi connectivity index (χ1v) is 4.76. The highest BCUT2D eigenvalue weighted by Crippen LogP contribution is 2.28. The smallest absolute Gasteiger partial charge is 0.110 e. The van der Waals surface area contributed by atoms with Crippen LogP contribution in [0.1, 0.15) is 16.6 Å². The molecule has 1 nitrogen and oxygen atoms in total. The van der Waals surface area contributed by atoms with Gasteiger partial charge in [0.25, 0.3) is 0 Å². The van der Waals surface area contributed by atoms with Crippen LogP contribution in [0.3, 0.4) is 0 Å². The molecule has 0 spiro atoms. The van der Waals surface area contributed by atoms with Crippen molar-refractivity contribution in [3.63, 3.8) is 0 Å². The van der Waals surface area contributed by atoms with Crippen LogP contribution in [-0.2, 0) is 6.42 Å². The molecular weight excluding hydrogens is 193 g/mol. The Hall–Kier alpha value is -0.240.